The molecule has 2 amide bonds. The molecular formula is C12H22N2O3. The van der Waals surface area contributed by atoms with Crippen LogP contribution < -0.4 is 10.6 Å². The average molecular weight is 242 g/mol. The van der Waals surface area contributed by atoms with Crippen molar-refractivity contribution in [2.24, 2.45) is 5.41 Å². The monoisotopic (exact) mass is 242 g/mol. The van der Waals surface area contributed by atoms with Crippen LogP contribution in [0.15, 0.2) is 12.7 Å². The number of rotatable bonds is 6. The molecule has 0 fully saturated rings. The Bertz CT molecular complexity index is 282. The highest BCUT2D eigenvalue weighted by atomic mass is 16.4. The number of amides is 2. The average Bonchev–Trinajstić information content (AvgIpc) is 2.14. The predicted molar refractivity (Wildman–Crippen MR) is 66.8 cm³/mol. The maximum Gasteiger partial charge on any atom is 0.326 e. The largest absolute Gasteiger partial charge is 0.480 e. The van der Waals surface area contributed by atoms with Crippen molar-refractivity contribution in [1.82, 2.24) is 10.6 Å². The van der Waals surface area contributed by atoms with Crippen molar-refractivity contribution in [1.29, 1.82) is 0 Å². The smallest absolute Gasteiger partial charge is 0.326 e. The molecule has 0 aliphatic heterocycles. The van der Waals surface area contributed by atoms with Gasteiger partial charge < -0.3 is 15.7 Å². The van der Waals surface area contributed by atoms with Crippen LogP contribution in [0.3, 0.4) is 0 Å². The number of carbonyl (C=O) groups is 2. The van der Waals surface area contributed by atoms with Gasteiger partial charge in [-0.05, 0) is 18.3 Å². The van der Waals surface area contributed by atoms with E-state index in [1.807, 2.05) is 0 Å². The zero-order valence-corrected chi connectivity index (χ0v) is 10.7. The highest BCUT2D eigenvalue weighted by Crippen LogP contribution is 2.16. The molecule has 5 nitrogen and oxygen atoms in total. The minimum Gasteiger partial charge on any atom is -0.480 e. The van der Waals surface area contributed by atoms with E-state index in [4.69, 9.17) is 5.11 Å². The van der Waals surface area contributed by atoms with E-state index in [1.54, 1.807) is 0 Å². The fourth-order valence-corrected chi connectivity index (χ4v) is 1.15. The first-order valence-corrected chi connectivity index (χ1v) is 5.64. The van der Waals surface area contributed by atoms with Crippen molar-refractivity contribution in [3.63, 3.8) is 0 Å². The van der Waals surface area contributed by atoms with E-state index >= 15 is 0 Å². The van der Waals surface area contributed by atoms with Crippen LogP contribution in [0, 0.1) is 5.41 Å². The molecule has 0 spiro atoms. The van der Waals surface area contributed by atoms with Gasteiger partial charge in [0.15, 0.2) is 0 Å². The molecule has 1 unspecified atom stereocenters. The summed E-state index contributed by atoms with van der Waals surface area (Å²) in [7, 11) is 0. The number of carboxylic acids is 1. The summed E-state index contributed by atoms with van der Waals surface area (Å²) in [4.78, 5) is 22.2. The highest BCUT2D eigenvalue weighted by molar-refractivity contribution is 5.82. The molecule has 0 saturated heterocycles. The number of hydrogen-bond acceptors (Lipinski definition) is 2. The zero-order valence-electron chi connectivity index (χ0n) is 10.7. The maximum absolute atomic E-state index is 11.4. The van der Waals surface area contributed by atoms with Crippen LogP contribution in [0.4, 0.5) is 4.79 Å². The van der Waals surface area contributed by atoms with Crippen LogP contribution in [0.25, 0.3) is 0 Å². The molecule has 0 rings (SSSR count). The third-order valence-corrected chi connectivity index (χ3v) is 2.17. The lowest BCUT2D eigenvalue weighted by Crippen LogP contribution is -2.46. The van der Waals surface area contributed by atoms with Gasteiger partial charge in [-0.2, -0.15) is 0 Å². The molecule has 0 saturated carbocycles. The lowest BCUT2D eigenvalue weighted by molar-refractivity contribution is -0.139. The zero-order chi connectivity index (χ0) is 13.5. The molecule has 98 valence electrons. The van der Waals surface area contributed by atoms with Crippen LogP contribution >= 0.6 is 0 Å². The summed E-state index contributed by atoms with van der Waals surface area (Å²) in [6.45, 7) is 10.2. The molecule has 0 heterocycles. The van der Waals surface area contributed by atoms with E-state index in [0.29, 0.717) is 6.54 Å². The normalized spacial score (nSPS) is 12.6. The second-order valence-corrected chi connectivity index (χ2v) is 5.13. The number of carbonyl (C=O) groups excluding carboxylic acids is 1. The summed E-state index contributed by atoms with van der Waals surface area (Å²) in [5, 5.41) is 13.8. The van der Waals surface area contributed by atoms with Crippen molar-refractivity contribution < 1.29 is 14.7 Å². The van der Waals surface area contributed by atoms with Gasteiger partial charge in [0.1, 0.15) is 6.04 Å². The Morgan fingerprint density at radius 2 is 2.00 bits per heavy atom. The van der Waals surface area contributed by atoms with Crippen LogP contribution in [-0.2, 0) is 4.79 Å². The Kier molecular flexibility index (Phi) is 6.31. The fourth-order valence-electron chi connectivity index (χ4n) is 1.15. The summed E-state index contributed by atoms with van der Waals surface area (Å²) in [6, 6.07) is -1.37. The van der Waals surface area contributed by atoms with E-state index in [1.165, 1.54) is 6.08 Å². The van der Waals surface area contributed by atoms with E-state index in [-0.39, 0.29) is 11.8 Å². The standard InChI is InChI=1S/C12H22N2O3/c1-5-6-9(10(15)16)14-11(17)13-8-7-12(2,3)4/h5,9H,1,6-8H2,2-4H3,(H,15,16)(H2,13,14,17). The highest BCUT2D eigenvalue weighted by Gasteiger charge is 2.18. The van der Waals surface area contributed by atoms with Crippen molar-refractivity contribution in [2.45, 2.75) is 39.7 Å². The van der Waals surface area contributed by atoms with Crippen LogP contribution in [0.5, 0.6) is 0 Å². The Balaban J connectivity index is 3.99. The van der Waals surface area contributed by atoms with Crippen LogP contribution in [-0.4, -0.2) is 29.7 Å². The van der Waals surface area contributed by atoms with Gasteiger partial charge in [0.05, 0.1) is 0 Å². The third kappa shape index (κ3) is 8.30. The molecule has 0 bridgehead atoms. The Morgan fingerprint density at radius 3 is 2.41 bits per heavy atom. The van der Waals surface area contributed by atoms with E-state index in [9.17, 15) is 9.59 Å². The van der Waals surface area contributed by atoms with E-state index < -0.39 is 18.0 Å². The second-order valence-electron chi connectivity index (χ2n) is 5.13. The lowest BCUT2D eigenvalue weighted by atomic mass is 9.92. The van der Waals surface area contributed by atoms with Crippen molar-refractivity contribution in [3.05, 3.63) is 12.7 Å². The molecule has 0 aliphatic carbocycles. The Hall–Kier alpha value is -1.52. The van der Waals surface area contributed by atoms with Gasteiger partial charge in [0.25, 0.3) is 0 Å². The van der Waals surface area contributed by atoms with Crippen molar-refractivity contribution >= 4 is 12.0 Å². The second kappa shape index (κ2) is 6.93. The van der Waals surface area contributed by atoms with Gasteiger partial charge in [-0.15, -0.1) is 6.58 Å². The first-order valence-electron chi connectivity index (χ1n) is 5.64. The summed E-state index contributed by atoms with van der Waals surface area (Å²) in [5.74, 6) is -1.06. The Morgan fingerprint density at radius 1 is 1.41 bits per heavy atom. The lowest BCUT2D eigenvalue weighted by Gasteiger charge is -2.19. The quantitative estimate of drug-likeness (QED) is 0.621. The molecule has 0 radical (unpaired) electrons. The number of carboxylic acid groups (broad SMARTS) is 1. The first-order chi connectivity index (χ1) is 7.76. The van der Waals surface area contributed by atoms with Crippen LogP contribution in [0.1, 0.15) is 33.6 Å². The molecule has 17 heavy (non-hydrogen) atoms. The number of nitrogens with one attached hydrogen (secondary N) is 2. The molecular weight excluding hydrogens is 220 g/mol. The summed E-state index contributed by atoms with van der Waals surface area (Å²) in [6.07, 6.45) is 2.51. The van der Waals surface area contributed by atoms with Gasteiger partial charge >= 0.3 is 12.0 Å². The molecule has 5 heteroatoms. The molecule has 0 aromatic carbocycles. The number of urea groups is 1. The van der Waals surface area contributed by atoms with Crippen molar-refractivity contribution in [2.75, 3.05) is 6.54 Å². The molecule has 0 aromatic heterocycles. The molecule has 1 atom stereocenters. The SMILES string of the molecule is C=CCC(NC(=O)NCCC(C)(C)C)C(=O)O. The van der Waals surface area contributed by atoms with Gasteiger partial charge in [-0.1, -0.05) is 26.8 Å². The third-order valence-electron chi connectivity index (χ3n) is 2.17. The summed E-state index contributed by atoms with van der Waals surface area (Å²) >= 11 is 0. The van der Waals surface area contributed by atoms with E-state index in [2.05, 4.69) is 38.0 Å². The topological polar surface area (TPSA) is 78.4 Å². The predicted octanol–water partition coefficient (Wildman–Crippen LogP) is 1.75. The van der Waals surface area contributed by atoms with Crippen molar-refractivity contribution in [3.8, 4) is 0 Å². The van der Waals surface area contributed by atoms with Gasteiger partial charge in [0, 0.05) is 6.54 Å². The minimum absolute atomic E-state index is 0.139. The number of hydrogen-bond donors (Lipinski definition) is 3. The molecule has 0 aliphatic rings. The number of aliphatic carboxylic acids is 1. The van der Waals surface area contributed by atoms with Gasteiger partial charge in [0.2, 0.25) is 0 Å². The maximum atomic E-state index is 11.4. The Labute approximate surface area is 102 Å². The molecule has 0 aromatic rings. The first kappa shape index (κ1) is 15.5. The minimum atomic E-state index is -1.06. The van der Waals surface area contributed by atoms with Gasteiger partial charge in [-0.25, -0.2) is 9.59 Å². The summed E-state index contributed by atoms with van der Waals surface area (Å²) < 4.78 is 0. The van der Waals surface area contributed by atoms with E-state index in [0.717, 1.165) is 6.42 Å². The fraction of sp³-hybridized carbons (Fsp3) is 0.667. The van der Waals surface area contributed by atoms with Crippen LogP contribution in [0.2, 0.25) is 0 Å². The molecule has 3 N–H and O–H groups in total. The van der Waals surface area contributed by atoms with Gasteiger partial charge in [-0.3, -0.25) is 0 Å². The summed E-state index contributed by atoms with van der Waals surface area (Å²) in [5.41, 5.74) is 0.139.